The Bertz CT molecular complexity index is 1240. The molecule has 10 heteroatoms. The van der Waals surface area contributed by atoms with Crippen LogP contribution in [0.2, 0.25) is 0 Å². The van der Waals surface area contributed by atoms with E-state index in [2.05, 4.69) is 5.32 Å². The fourth-order valence-corrected chi connectivity index (χ4v) is 5.02. The number of benzene rings is 2. The van der Waals surface area contributed by atoms with E-state index in [-0.39, 0.29) is 18.1 Å². The van der Waals surface area contributed by atoms with Crippen LogP contribution in [0.15, 0.2) is 42.5 Å². The Balaban J connectivity index is 1.97. The van der Waals surface area contributed by atoms with Crippen molar-refractivity contribution in [1.82, 2.24) is 10.2 Å². The molecule has 1 N–H and O–H groups in total. The minimum atomic E-state index is -3.85. The summed E-state index contributed by atoms with van der Waals surface area (Å²) in [5.41, 5.74) is 1.65. The number of sulfonamides is 1. The monoisotopic (exact) mass is 531 g/mol. The standard InChI is InChI=1S/C27H37N3O6S/c1-7-22(26(32)28-27(3,4)5)29(17-20-10-8-9-19(2)15-20)25(31)18-30(37(6,33)34)21-11-12-23-24(16-21)36-14-13-35-23/h8-12,15-16,22H,7,13-14,17-18H2,1-6H3,(H,28,32)/t22-/m1/s1. The number of ether oxygens (including phenoxy) is 2. The third-order valence-electron chi connectivity index (χ3n) is 5.81. The molecule has 0 saturated carbocycles. The van der Waals surface area contributed by atoms with E-state index >= 15 is 0 Å². The summed E-state index contributed by atoms with van der Waals surface area (Å²) in [6.45, 7) is 9.85. The number of rotatable bonds is 9. The molecule has 0 aliphatic carbocycles. The Morgan fingerprint density at radius 3 is 2.32 bits per heavy atom. The maximum Gasteiger partial charge on any atom is 0.244 e. The fourth-order valence-electron chi connectivity index (χ4n) is 4.18. The van der Waals surface area contributed by atoms with Crippen LogP contribution in [-0.2, 0) is 26.2 Å². The van der Waals surface area contributed by atoms with E-state index in [1.165, 1.54) is 4.90 Å². The van der Waals surface area contributed by atoms with Gasteiger partial charge < -0.3 is 19.7 Å². The van der Waals surface area contributed by atoms with Gasteiger partial charge in [0.05, 0.1) is 11.9 Å². The Morgan fingerprint density at radius 2 is 1.73 bits per heavy atom. The van der Waals surface area contributed by atoms with Crippen molar-refractivity contribution in [3.63, 3.8) is 0 Å². The molecule has 0 spiro atoms. The molecule has 0 saturated heterocycles. The quantitative estimate of drug-likeness (QED) is 0.533. The first-order chi connectivity index (χ1) is 17.3. The van der Waals surface area contributed by atoms with E-state index in [1.807, 2.05) is 58.9 Å². The topological polar surface area (TPSA) is 105 Å². The third-order valence-corrected chi connectivity index (χ3v) is 6.95. The van der Waals surface area contributed by atoms with Crippen LogP contribution in [0.4, 0.5) is 5.69 Å². The van der Waals surface area contributed by atoms with Crippen molar-refractivity contribution in [3.05, 3.63) is 53.6 Å². The molecule has 0 aromatic heterocycles. The summed E-state index contributed by atoms with van der Waals surface area (Å²) in [7, 11) is -3.85. The van der Waals surface area contributed by atoms with Crippen LogP contribution >= 0.6 is 0 Å². The van der Waals surface area contributed by atoms with Crippen LogP contribution in [0.1, 0.15) is 45.2 Å². The molecule has 9 nitrogen and oxygen atoms in total. The normalized spacial score (nSPS) is 14.0. The largest absolute Gasteiger partial charge is 0.486 e. The van der Waals surface area contributed by atoms with Crippen LogP contribution in [0.25, 0.3) is 0 Å². The molecule has 202 valence electrons. The second-order valence-corrected chi connectivity index (χ2v) is 12.2. The van der Waals surface area contributed by atoms with Crippen LogP contribution in [0, 0.1) is 6.92 Å². The summed E-state index contributed by atoms with van der Waals surface area (Å²) >= 11 is 0. The number of nitrogens with zero attached hydrogens (tertiary/aromatic N) is 2. The first-order valence-electron chi connectivity index (χ1n) is 12.3. The number of carbonyl (C=O) groups is 2. The number of hydrogen-bond acceptors (Lipinski definition) is 6. The van der Waals surface area contributed by atoms with Crippen molar-refractivity contribution in [2.75, 3.05) is 30.3 Å². The van der Waals surface area contributed by atoms with Gasteiger partial charge >= 0.3 is 0 Å². The molecule has 1 aliphatic heterocycles. The molecule has 0 unspecified atom stereocenters. The van der Waals surface area contributed by atoms with Crippen molar-refractivity contribution in [3.8, 4) is 11.5 Å². The van der Waals surface area contributed by atoms with Gasteiger partial charge in [-0.1, -0.05) is 36.8 Å². The van der Waals surface area contributed by atoms with Gasteiger partial charge in [-0.3, -0.25) is 13.9 Å². The molecular formula is C27H37N3O6S. The first-order valence-corrected chi connectivity index (χ1v) is 14.2. The summed E-state index contributed by atoms with van der Waals surface area (Å²) in [6.07, 6.45) is 1.41. The van der Waals surface area contributed by atoms with Crippen molar-refractivity contribution in [2.24, 2.45) is 0 Å². The lowest BCUT2D eigenvalue weighted by molar-refractivity contribution is -0.141. The minimum absolute atomic E-state index is 0.162. The number of amides is 2. The Kier molecular flexibility index (Phi) is 8.73. The molecule has 2 aromatic carbocycles. The van der Waals surface area contributed by atoms with Crippen molar-refractivity contribution in [1.29, 1.82) is 0 Å². The number of fused-ring (bicyclic) bond motifs is 1. The Morgan fingerprint density at radius 1 is 1.05 bits per heavy atom. The first kappa shape index (κ1) is 28.3. The van der Waals surface area contributed by atoms with Gasteiger partial charge in [0.2, 0.25) is 21.8 Å². The molecule has 2 amide bonds. The predicted molar refractivity (Wildman–Crippen MR) is 143 cm³/mol. The van der Waals surface area contributed by atoms with E-state index in [9.17, 15) is 18.0 Å². The lowest BCUT2D eigenvalue weighted by Gasteiger charge is -2.34. The zero-order chi connectivity index (χ0) is 27.4. The maximum absolute atomic E-state index is 13.8. The lowest BCUT2D eigenvalue weighted by Crippen LogP contribution is -2.55. The van der Waals surface area contributed by atoms with E-state index < -0.39 is 34.1 Å². The van der Waals surface area contributed by atoms with Gasteiger partial charge in [0.15, 0.2) is 11.5 Å². The number of anilines is 1. The zero-order valence-electron chi connectivity index (χ0n) is 22.4. The van der Waals surface area contributed by atoms with Crippen molar-refractivity contribution in [2.45, 2.75) is 59.2 Å². The fraction of sp³-hybridized carbons (Fsp3) is 0.481. The average Bonchev–Trinajstić information content (AvgIpc) is 2.80. The zero-order valence-corrected chi connectivity index (χ0v) is 23.2. The van der Waals surface area contributed by atoms with Crippen LogP contribution in [0.5, 0.6) is 11.5 Å². The highest BCUT2D eigenvalue weighted by Gasteiger charge is 2.33. The Hall–Kier alpha value is -3.27. The second kappa shape index (κ2) is 11.4. The average molecular weight is 532 g/mol. The molecule has 0 bridgehead atoms. The van der Waals surface area contributed by atoms with Gasteiger partial charge in [-0.05, 0) is 51.8 Å². The smallest absolute Gasteiger partial charge is 0.244 e. The Labute approximate surface area is 219 Å². The highest BCUT2D eigenvalue weighted by molar-refractivity contribution is 7.92. The predicted octanol–water partition coefficient (Wildman–Crippen LogP) is 3.25. The molecule has 37 heavy (non-hydrogen) atoms. The summed E-state index contributed by atoms with van der Waals surface area (Å²) in [5.74, 6) is 0.150. The third kappa shape index (κ3) is 7.61. The highest BCUT2D eigenvalue weighted by atomic mass is 32.2. The maximum atomic E-state index is 13.8. The molecule has 3 rings (SSSR count). The van der Waals surface area contributed by atoms with Gasteiger partial charge in [-0.25, -0.2) is 8.42 Å². The van der Waals surface area contributed by atoms with Gasteiger partial charge in [-0.2, -0.15) is 0 Å². The lowest BCUT2D eigenvalue weighted by atomic mass is 10.0. The second-order valence-electron chi connectivity index (χ2n) is 10.3. The highest BCUT2D eigenvalue weighted by Crippen LogP contribution is 2.34. The summed E-state index contributed by atoms with van der Waals surface area (Å²) < 4.78 is 37.8. The summed E-state index contributed by atoms with van der Waals surface area (Å²) in [6, 6.07) is 11.7. The van der Waals surface area contributed by atoms with E-state index in [1.54, 1.807) is 18.2 Å². The molecule has 2 aromatic rings. The van der Waals surface area contributed by atoms with Gasteiger partial charge in [-0.15, -0.1) is 0 Å². The van der Waals surface area contributed by atoms with Crippen LogP contribution < -0.4 is 19.1 Å². The SMILES string of the molecule is CC[C@H](C(=O)NC(C)(C)C)N(Cc1cccc(C)c1)C(=O)CN(c1ccc2c(c1)OCCO2)S(C)(=O)=O. The van der Waals surface area contributed by atoms with Crippen molar-refractivity contribution >= 4 is 27.5 Å². The molecular weight excluding hydrogens is 494 g/mol. The van der Waals surface area contributed by atoms with Gasteiger partial charge in [0.1, 0.15) is 25.8 Å². The van der Waals surface area contributed by atoms with Gasteiger partial charge in [0.25, 0.3) is 0 Å². The van der Waals surface area contributed by atoms with Gasteiger partial charge in [0, 0.05) is 18.2 Å². The summed E-state index contributed by atoms with van der Waals surface area (Å²) in [5, 5.41) is 2.96. The number of carbonyl (C=O) groups excluding carboxylic acids is 2. The van der Waals surface area contributed by atoms with E-state index in [0.717, 1.165) is 21.7 Å². The van der Waals surface area contributed by atoms with Crippen LogP contribution in [-0.4, -0.2) is 62.7 Å². The molecule has 0 radical (unpaired) electrons. The van der Waals surface area contributed by atoms with E-state index in [4.69, 9.17) is 9.47 Å². The van der Waals surface area contributed by atoms with Crippen molar-refractivity contribution < 1.29 is 27.5 Å². The van der Waals surface area contributed by atoms with E-state index in [0.29, 0.717) is 31.1 Å². The molecule has 1 heterocycles. The number of nitrogens with one attached hydrogen (secondary N) is 1. The minimum Gasteiger partial charge on any atom is -0.486 e. The van der Waals surface area contributed by atoms with Crippen LogP contribution in [0.3, 0.4) is 0 Å². The number of hydrogen-bond donors (Lipinski definition) is 1. The molecule has 1 aliphatic rings. The molecule has 1 atom stereocenters. The number of aryl methyl sites for hydroxylation is 1. The summed E-state index contributed by atoms with van der Waals surface area (Å²) in [4.78, 5) is 28.5. The molecule has 0 fully saturated rings.